The van der Waals surface area contributed by atoms with Crippen molar-refractivity contribution in [3.8, 4) is 11.5 Å². The van der Waals surface area contributed by atoms with E-state index in [1.807, 2.05) is 18.2 Å². The Labute approximate surface area is 88.8 Å². The van der Waals surface area contributed by atoms with Crippen molar-refractivity contribution in [2.45, 2.75) is 19.1 Å². The molecule has 82 valence electrons. The Morgan fingerprint density at radius 1 is 1.40 bits per heavy atom. The van der Waals surface area contributed by atoms with E-state index in [4.69, 9.17) is 9.47 Å². The summed E-state index contributed by atoms with van der Waals surface area (Å²) in [6, 6.07) is 5.69. The van der Waals surface area contributed by atoms with Crippen LogP contribution >= 0.6 is 0 Å². The van der Waals surface area contributed by atoms with Gasteiger partial charge in [-0.15, -0.1) is 0 Å². The molecule has 1 aromatic rings. The number of fused-ring (bicyclic) bond motifs is 1. The number of benzene rings is 1. The van der Waals surface area contributed by atoms with Crippen LogP contribution in [0.25, 0.3) is 0 Å². The van der Waals surface area contributed by atoms with Crippen LogP contribution in [0.2, 0.25) is 0 Å². The maximum Gasteiger partial charge on any atom is 0.231 e. The highest BCUT2D eigenvalue weighted by Gasteiger charge is 2.20. The van der Waals surface area contributed by atoms with E-state index < -0.39 is 5.72 Å². The Morgan fingerprint density at radius 2 is 2.13 bits per heavy atom. The standard InChI is InChI=1S/C11H15NO3/c1-11(13,12-2)6-8-3-4-9-10(5-8)15-7-14-9/h3-5,12-13H,6-7H2,1-2H3. The molecule has 1 aliphatic heterocycles. The van der Waals surface area contributed by atoms with E-state index >= 15 is 0 Å². The average molecular weight is 209 g/mol. The lowest BCUT2D eigenvalue weighted by atomic mass is 10.0. The minimum absolute atomic E-state index is 0.279. The van der Waals surface area contributed by atoms with E-state index in [0.717, 1.165) is 17.1 Å². The van der Waals surface area contributed by atoms with Crippen LogP contribution in [0.5, 0.6) is 11.5 Å². The number of hydrogen-bond donors (Lipinski definition) is 2. The van der Waals surface area contributed by atoms with Crippen molar-refractivity contribution in [3.05, 3.63) is 23.8 Å². The first-order chi connectivity index (χ1) is 7.11. The molecular formula is C11H15NO3. The number of rotatable bonds is 3. The SMILES string of the molecule is CNC(C)(O)Cc1ccc2c(c1)OCO2. The third kappa shape index (κ3) is 2.22. The first-order valence-corrected chi connectivity index (χ1v) is 4.90. The molecule has 4 heteroatoms. The molecule has 0 radical (unpaired) electrons. The number of likely N-dealkylation sites (N-methyl/N-ethyl adjacent to an activating group) is 1. The second-order valence-corrected chi connectivity index (χ2v) is 3.89. The number of nitrogens with one attached hydrogen (secondary N) is 1. The third-order valence-corrected chi connectivity index (χ3v) is 2.52. The van der Waals surface area contributed by atoms with Crippen molar-refractivity contribution in [1.29, 1.82) is 0 Å². The summed E-state index contributed by atoms with van der Waals surface area (Å²) < 4.78 is 10.5. The third-order valence-electron chi connectivity index (χ3n) is 2.52. The van der Waals surface area contributed by atoms with Crippen molar-refractivity contribution in [2.24, 2.45) is 0 Å². The Kier molecular flexibility index (Phi) is 2.54. The highest BCUT2D eigenvalue weighted by Crippen LogP contribution is 2.33. The highest BCUT2D eigenvalue weighted by molar-refractivity contribution is 5.44. The molecule has 1 atom stereocenters. The fraction of sp³-hybridized carbons (Fsp3) is 0.455. The molecule has 0 fully saturated rings. The van der Waals surface area contributed by atoms with E-state index in [-0.39, 0.29) is 6.79 Å². The van der Waals surface area contributed by atoms with E-state index in [1.165, 1.54) is 0 Å². The Bertz CT molecular complexity index is 363. The molecule has 1 aromatic carbocycles. The fourth-order valence-electron chi connectivity index (χ4n) is 1.54. The Balaban J connectivity index is 2.17. The van der Waals surface area contributed by atoms with Gasteiger partial charge in [0.25, 0.3) is 0 Å². The molecule has 1 aliphatic rings. The molecule has 0 saturated carbocycles. The van der Waals surface area contributed by atoms with Crippen molar-refractivity contribution in [3.63, 3.8) is 0 Å². The van der Waals surface area contributed by atoms with Crippen LogP contribution < -0.4 is 14.8 Å². The van der Waals surface area contributed by atoms with Gasteiger partial charge >= 0.3 is 0 Å². The van der Waals surface area contributed by atoms with Gasteiger partial charge in [0.1, 0.15) is 5.72 Å². The van der Waals surface area contributed by atoms with Crippen molar-refractivity contribution in [1.82, 2.24) is 5.32 Å². The van der Waals surface area contributed by atoms with Gasteiger partial charge in [-0.3, -0.25) is 5.32 Å². The maximum atomic E-state index is 9.84. The Hall–Kier alpha value is -1.26. The van der Waals surface area contributed by atoms with E-state index in [9.17, 15) is 5.11 Å². The molecule has 0 bridgehead atoms. The normalized spacial score (nSPS) is 17.5. The van der Waals surface area contributed by atoms with Gasteiger partial charge in [-0.2, -0.15) is 0 Å². The monoisotopic (exact) mass is 209 g/mol. The maximum absolute atomic E-state index is 9.84. The summed E-state index contributed by atoms with van der Waals surface area (Å²) >= 11 is 0. The molecule has 1 unspecified atom stereocenters. The van der Waals surface area contributed by atoms with Gasteiger partial charge in [0.15, 0.2) is 11.5 Å². The van der Waals surface area contributed by atoms with Gasteiger partial charge in [0.05, 0.1) is 0 Å². The summed E-state index contributed by atoms with van der Waals surface area (Å²) in [5, 5.41) is 12.7. The first-order valence-electron chi connectivity index (χ1n) is 4.90. The summed E-state index contributed by atoms with van der Waals surface area (Å²) in [6.45, 7) is 2.01. The van der Waals surface area contributed by atoms with Gasteiger partial charge in [-0.25, -0.2) is 0 Å². The molecule has 0 saturated heterocycles. The van der Waals surface area contributed by atoms with Gasteiger partial charge < -0.3 is 14.6 Å². The number of aliphatic hydroxyl groups is 1. The zero-order valence-corrected chi connectivity index (χ0v) is 8.91. The zero-order chi connectivity index (χ0) is 10.9. The van der Waals surface area contributed by atoms with Crippen LogP contribution in [0.4, 0.5) is 0 Å². The lowest BCUT2D eigenvalue weighted by Gasteiger charge is -2.22. The summed E-state index contributed by atoms with van der Waals surface area (Å²) in [5.41, 5.74) is 0.117. The quantitative estimate of drug-likeness (QED) is 0.726. The number of ether oxygens (including phenoxy) is 2. The average Bonchev–Trinajstić information content (AvgIpc) is 2.64. The summed E-state index contributed by atoms with van der Waals surface area (Å²) in [4.78, 5) is 0. The topological polar surface area (TPSA) is 50.7 Å². The molecule has 0 amide bonds. The van der Waals surface area contributed by atoms with Gasteiger partial charge in [-0.05, 0) is 31.7 Å². The molecule has 0 aliphatic carbocycles. The largest absolute Gasteiger partial charge is 0.454 e. The van der Waals surface area contributed by atoms with Crippen LogP contribution in [-0.2, 0) is 6.42 Å². The predicted molar refractivity (Wildman–Crippen MR) is 56.0 cm³/mol. The lowest BCUT2D eigenvalue weighted by Crippen LogP contribution is -2.41. The van der Waals surface area contributed by atoms with Gasteiger partial charge in [-0.1, -0.05) is 6.07 Å². The molecular weight excluding hydrogens is 194 g/mol. The summed E-state index contributed by atoms with van der Waals surface area (Å²) in [6.07, 6.45) is 0.528. The molecule has 1 heterocycles. The Morgan fingerprint density at radius 3 is 2.87 bits per heavy atom. The van der Waals surface area contributed by atoms with Crippen molar-refractivity contribution >= 4 is 0 Å². The zero-order valence-electron chi connectivity index (χ0n) is 8.91. The summed E-state index contributed by atoms with van der Waals surface area (Å²) in [7, 11) is 1.73. The van der Waals surface area contributed by atoms with Crippen molar-refractivity contribution < 1.29 is 14.6 Å². The molecule has 0 spiro atoms. The second-order valence-electron chi connectivity index (χ2n) is 3.89. The van der Waals surface area contributed by atoms with Crippen LogP contribution in [-0.4, -0.2) is 24.7 Å². The molecule has 2 rings (SSSR count). The van der Waals surface area contributed by atoms with E-state index in [1.54, 1.807) is 14.0 Å². The first kappa shape index (κ1) is 10.3. The predicted octanol–water partition coefficient (Wildman–Crippen LogP) is 0.886. The summed E-state index contributed by atoms with van der Waals surface area (Å²) in [5.74, 6) is 1.52. The fourth-order valence-corrected chi connectivity index (χ4v) is 1.54. The highest BCUT2D eigenvalue weighted by atomic mass is 16.7. The molecule has 4 nitrogen and oxygen atoms in total. The molecule has 0 aromatic heterocycles. The van der Waals surface area contributed by atoms with Gasteiger partial charge in [0.2, 0.25) is 6.79 Å². The second kappa shape index (κ2) is 3.72. The molecule has 2 N–H and O–H groups in total. The van der Waals surface area contributed by atoms with E-state index in [0.29, 0.717) is 6.42 Å². The lowest BCUT2D eigenvalue weighted by molar-refractivity contribution is 0.0325. The van der Waals surface area contributed by atoms with Crippen LogP contribution in [0.15, 0.2) is 18.2 Å². The van der Waals surface area contributed by atoms with Crippen molar-refractivity contribution in [2.75, 3.05) is 13.8 Å². The van der Waals surface area contributed by atoms with Crippen LogP contribution in [0.1, 0.15) is 12.5 Å². The van der Waals surface area contributed by atoms with Gasteiger partial charge in [0, 0.05) is 6.42 Å². The number of hydrogen-bond acceptors (Lipinski definition) is 4. The molecule has 15 heavy (non-hydrogen) atoms. The van der Waals surface area contributed by atoms with Crippen LogP contribution in [0.3, 0.4) is 0 Å². The van der Waals surface area contributed by atoms with E-state index in [2.05, 4.69) is 5.32 Å². The van der Waals surface area contributed by atoms with Crippen LogP contribution in [0, 0.1) is 0 Å². The minimum atomic E-state index is -0.895. The minimum Gasteiger partial charge on any atom is -0.454 e. The smallest absolute Gasteiger partial charge is 0.231 e.